The first kappa shape index (κ1) is 19.4. The minimum Gasteiger partial charge on any atom is -0.345 e. The van der Waals surface area contributed by atoms with Crippen molar-refractivity contribution in [3.63, 3.8) is 0 Å². The van der Waals surface area contributed by atoms with Crippen LogP contribution in [0.2, 0.25) is 5.02 Å². The van der Waals surface area contributed by atoms with E-state index in [4.69, 9.17) is 11.6 Å². The van der Waals surface area contributed by atoms with Crippen LogP contribution in [0.5, 0.6) is 0 Å². The lowest BCUT2D eigenvalue weighted by molar-refractivity contribution is 0.0941. The molecular weight excluding hydrogens is 392 g/mol. The summed E-state index contributed by atoms with van der Waals surface area (Å²) in [6, 6.07) is 8.47. The van der Waals surface area contributed by atoms with E-state index in [0.717, 1.165) is 36.2 Å². The van der Waals surface area contributed by atoms with E-state index < -0.39 is 10.0 Å². The van der Waals surface area contributed by atoms with Gasteiger partial charge >= 0.3 is 0 Å². The van der Waals surface area contributed by atoms with Crippen molar-refractivity contribution < 1.29 is 13.2 Å². The van der Waals surface area contributed by atoms with E-state index in [1.807, 2.05) is 19.1 Å². The summed E-state index contributed by atoms with van der Waals surface area (Å²) in [7, 11) is -3.63. The van der Waals surface area contributed by atoms with Gasteiger partial charge in [-0.3, -0.25) is 4.79 Å². The van der Waals surface area contributed by atoms with Crippen molar-refractivity contribution >= 4 is 38.9 Å². The second-order valence-electron chi connectivity index (χ2n) is 6.33. The van der Waals surface area contributed by atoms with Gasteiger partial charge in [0.15, 0.2) is 0 Å². The number of thiophene rings is 1. The molecule has 2 aromatic rings. The number of rotatable bonds is 5. The number of amides is 1. The molecule has 1 aromatic heterocycles. The summed E-state index contributed by atoms with van der Waals surface area (Å²) < 4.78 is 27.3. The van der Waals surface area contributed by atoms with Crippen LogP contribution >= 0.6 is 22.9 Å². The summed E-state index contributed by atoms with van der Waals surface area (Å²) in [6.07, 6.45) is 2.76. The molecule has 0 bridgehead atoms. The van der Waals surface area contributed by atoms with Crippen LogP contribution in [0, 0.1) is 0 Å². The van der Waals surface area contributed by atoms with Crippen LogP contribution in [0.3, 0.4) is 0 Å². The topological polar surface area (TPSA) is 66.5 Å². The van der Waals surface area contributed by atoms with Gasteiger partial charge in [-0.25, -0.2) is 8.42 Å². The first-order chi connectivity index (χ1) is 12.4. The third-order valence-corrected chi connectivity index (χ3v) is 7.72. The molecule has 0 spiro atoms. The summed E-state index contributed by atoms with van der Waals surface area (Å²) in [5.74, 6) is -0.377. The number of halogens is 1. The van der Waals surface area contributed by atoms with Crippen molar-refractivity contribution in [2.45, 2.75) is 37.1 Å². The lowest BCUT2D eigenvalue weighted by Crippen LogP contribution is -2.36. The number of sulfonamides is 1. The van der Waals surface area contributed by atoms with Gasteiger partial charge in [-0.15, -0.1) is 11.3 Å². The van der Waals surface area contributed by atoms with Crippen molar-refractivity contribution in [2.24, 2.45) is 0 Å². The zero-order chi connectivity index (χ0) is 18.7. The van der Waals surface area contributed by atoms with E-state index in [-0.39, 0.29) is 21.7 Å². The fourth-order valence-corrected chi connectivity index (χ4v) is 5.95. The van der Waals surface area contributed by atoms with E-state index in [9.17, 15) is 13.2 Å². The van der Waals surface area contributed by atoms with Gasteiger partial charge in [0.05, 0.1) is 6.04 Å². The highest BCUT2D eigenvalue weighted by molar-refractivity contribution is 7.89. The molecule has 140 valence electrons. The first-order valence-electron chi connectivity index (χ1n) is 8.53. The second kappa shape index (κ2) is 8.08. The Labute approximate surface area is 163 Å². The van der Waals surface area contributed by atoms with Crippen LogP contribution < -0.4 is 5.32 Å². The molecule has 3 rings (SSSR count). The highest BCUT2D eigenvalue weighted by atomic mass is 35.5. The molecule has 1 amide bonds. The highest BCUT2D eigenvalue weighted by Crippen LogP contribution is 2.28. The van der Waals surface area contributed by atoms with E-state index in [1.165, 1.54) is 10.4 Å². The highest BCUT2D eigenvalue weighted by Gasteiger charge is 2.31. The molecule has 1 aromatic carbocycles. The Morgan fingerprint density at radius 2 is 1.81 bits per heavy atom. The van der Waals surface area contributed by atoms with Gasteiger partial charge in [0.2, 0.25) is 10.0 Å². The van der Waals surface area contributed by atoms with Gasteiger partial charge in [-0.2, -0.15) is 4.31 Å². The van der Waals surface area contributed by atoms with Crippen LogP contribution in [-0.4, -0.2) is 31.7 Å². The zero-order valence-corrected chi connectivity index (χ0v) is 16.8. The largest absolute Gasteiger partial charge is 0.345 e. The number of nitrogens with one attached hydrogen (secondary N) is 1. The molecule has 1 atom stereocenters. The van der Waals surface area contributed by atoms with E-state index in [0.29, 0.717) is 18.1 Å². The predicted octanol–water partition coefficient (Wildman–Crippen LogP) is 4.07. The standard InChI is InChI=1S/C18H21ClN2O3S2/c1-13(14-5-7-15(19)8-6-14)20-18(22)17-16(9-12-25-17)26(23,24)21-10-3-2-4-11-21/h5-9,12-13H,2-4,10-11H2,1H3,(H,20,22). The van der Waals surface area contributed by atoms with Crippen molar-refractivity contribution in [1.82, 2.24) is 9.62 Å². The molecular formula is C18H21ClN2O3S2. The minimum absolute atomic E-state index is 0.102. The molecule has 1 aliphatic rings. The quantitative estimate of drug-likeness (QED) is 0.804. The maximum atomic E-state index is 12.9. The van der Waals surface area contributed by atoms with E-state index in [2.05, 4.69) is 5.32 Å². The van der Waals surface area contributed by atoms with Crippen molar-refractivity contribution in [3.05, 3.63) is 51.2 Å². The molecule has 0 radical (unpaired) electrons. The molecule has 0 saturated carbocycles. The molecule has 1 fully saturated rings. The van der Waals surface area contributed by atoms with E-state index in [1.54, 1.807) is 17.5 Å². The van der Waals surface area contributed by atoms with Crippen LogP contribution in [0.25, 0.3) is 0 Å². The van der Waals surface area contributed by atoms with Crippen LogP contribution in [0.15, 0.2) is 40.6 Å². The first-order valence-corrected chi connectivity index (χ1v) is 11.2. The molecule has 26 heavy (non-hydrogen) atoms. The molecule has 8 heteroatoms. The molecule has 5 nitrogen and oxygen atoms in total. The summed E-state index contributed by atoms with van der Waals surface area (Å²) in [6.45, 7) is 2.88. The minimum atomic E-state index is -3.63. The Morgan fingerprint density at radius 3 is 2.46 bits per heavy atom. The zero-order valence-electron chi connectivity index (χ0n) is 14.4. The average Bonchev–Trinajstić information content (AvgIpc) is 3.14. The van der Waals surface area contributed by atoms with Gasteiger partial charge in [-0.1, -0.05) is 30.2 Å². The van der Waals surface area contributed by atoms with Gasteiger partial charge in [0, 0.05) is 18.1 Å². The lowest BCUT2D eigenvalue weighted by Gasteiger charge is -2.26. The summed E-state index contributed by atoms with van der Waals surface area (Å²) in [4.78, 5) is 13.0. The Morgan fingerprint density at radius 1 is 1.15 bits per heavy atom. The Balaban J connectivity index is 1.79. The van der Waals surface area contributed by atoms with Crippen LogP contribution in [-0.2, 0) is 10.0 Å². The van der Waals surface area contributed by atoms with Crippen LogP contribution in [0.4, 0.5) is 0 Å². The number of nitrogens with zero attached hydrogens (tertiary/aromatic N) is 1. The average molecular weight is 413 g/mol. The number of carbonyl (C=O) groups excluding carboxylic acids is 1. The summed E-state index contributed by atoms with van der Waals surface area (Å²) in [5.41, 5.74) is 0.903. The molecule has 0 aliphatic carbocycles. The third-order valence-electron chi connectivity index (χ3n) is 4.49. The van der Waals surface area contributed by atoms with Gasteiger partial charge < -0.3 is 5.32 Å². The lowest BCUT2D eigenvalue weighted by atomic mass is 10.1. The SMILES string of the molecule is CC(NC(=O)c1sccc1S(=O)(=O)N1CCCCC1)c1ccc(Cl)cc1. The monoisotopic (exact) mass is 412 g/mol. The van der Waals surface area contributed by atoms with E-state index >= 15 is 0 Å². The molecule has 2 heterocycles. The third kappa shape index (κ3) is 4.11. The van der Waals surface area contributed by atoms with Crippen LogP contribution in [0.1, 0.15) is 47.5 Å². The molecule has 1 saturated heterocycles. The predicted molar refractivity (Wildman–Crippen MR) is 104 cm³/mol. The Hall–Kier alpha value is -1.41. The Bertz CT molecular complexity index is 872. The van der Waals surface area contributed by atoms with Crippen molar-refractivity contribution in [1.29, 1.82) is 0 Å². The smallest absolute Gasteiger partial charge is 0.263 e. The van der Waals surface area contributed by atoms with Crippen molar-refractivity contribution in [2.75, 3.05) is 13.1 Å². The summed E-state index contributed by atoms with van der Waals surface area (Å²) >= 11 is 7.04. The van der Waals surface area contributed by atoms with Gasteiger partial charge in [-0.05, 0) is 48.9 Å². The number of piperidine rings is 1. The maximum absolute atomic E-state index is 12.9. The normalized spacial score (nSPS) is 17.0. The molecule has 1 aliphatic heterocycles. The molecule has 1 N–H and O–H groups in total. The number of hydrogen-bond acceptors (Lipinski definition) is 4. The number of benzene rings is 1. The fourth-order valence-electron chi connectivity index (χ4n) is 3.01. The Kier molecular flexibility index (Phi) is 6.02. The van der Waals surface area contributed by atoms with Gasteiger partial charge in [0.25, 0.3) is 5.91 Å². The maximum Gasteiger partial charge on any atom is 0.263 e. The number of hydrogen-bond donors (Lipinski definition) is 1. The van der Waals surface area contributed by atoms with Crippen molar-refractivity contribution in [3.8, 4) is 0 Å². The molecule has 1 unspecified atom stereocenters. The van der Waals surface area contributed by atoms with Gasteiger partial charge in [0.1, 0.15) is 9.77 Å². The fraction of sp³-hybridized carbons (Fsp3) is 0.389. The summed E-state index contributed by atoms with van der Waals surface area (Å²) in [5, 5.41) is 5.16. The second-order valence-corrected chi connectivity index (χ2v) is 9.58. The number of carbonyl (C=O) groups is 1.